The zero-order valence-electron chi connectivity index (χ0n) is 14.4. The highest BCUT2D eigenvalue weighted by Gasteiger charge is 2.25. The highest BCUT2D eigenvalue weighted by Crippen LogP contribution is 2.18. The lowest BCUT2D eigenvalue weighted by atomic mass is 10.2. The Morgan fingerprint density at radius 1 is 1.28 bits per heavy atom. The van der Waals surface area contributed by atoms with E-state index in [4.69, 9.17) is 0 Å². The van der Waals surface area contributed by atoms with Crippen LogP contribution in [-0.2, 0) is 4.79 Å². The van der Waals surface area contributed by atoms with Gasteiger partial charge < -0.3 is 5.32 Å². The molecule has 1 aliphatic rings. The number of aromatic nitrogens is 1. The van der Waals surface area contributed by atoms with Gasteiger partial charge in [-0.15, -0.1) is 23.1 Å². The Labute approximate surface area is 157 Å². The Morgan fingerprint density at radius 3 is 2.72 bits per heavy atom. The molecule has 1 aromatic heterocycles. The van der Waals surface area contributed by atoms with Gasteiger partial charge in [-0.3, -0.25) is 14.6 Å². The second-order valence-electron chi connectivity index (χ2n) is 6.04. The van der Waals surface area contributed by atoms with Crippen molar-refractivity contribution >= 4 is 34.1 Å². The molecule has 1 N–H and O–H groups in total. The minimum atomic E-state index is -0.121. The van der Waals surface area contributed by atoms with Crippen LogP contribution in [0.25, 0.3) is 0 Å². The van der Waals surface area contributed by atoms with E-state index in [9.17, 15) is 4.79 Å². The summed E-state index contributed by atoms with van der Waals surface area (Å²) in [6, 6.07) is 10.4. The molecule has 25 heavy (non-hydrogen) atoms. The van der Waals surface area contributed by atoms with E-state index in [0.29, 0.717) is 5.13 Å². The molecule has 7 heteroatoms. The van der Waals surface area contributed by atoms with E-state index in [1.54, 1.807) is 6.20 Å². The summed E-state index contributed by atoms with van der Waals surface area (Å²) in [5.41, 5.74) is 0. The number of carbonyl (C=O) groups is 1. The van der Waals surface area contributed by atoms with E-state index in [1.807, 2.05) is 24.1 Å². The molecule has 2 aromatic rings. The minimum Gasteiger partial charge on any atom is -0.301 e. The minimum absolute atomic E-state index is 0.0306. The third-order valence-corrected chi connectivity index (χ3v) is 6.10. The van der Waals surface area contributed by atoms with Gasteiger partial charge >= 0.3 is 0 Å². The van der Waals surface area contributed by atoms with E-state index in [2.05, 4.69) is 50.4 Å². The van der Waals surface area contributed by atoms with Crippen LogP contribution in [0.2, 0.25) is 0 Å². The molecule has 0 spiro atoms. The summed E-state index contributed by atoms with van der Waals surface area (Å²) in [5.74, 6) is 1.13. The molecule has 0 bridgehead atoms. The van der Waals surface area contributed by atoms with Gasteiger partial charge in [-0.05, 0) is 19.1 Å². The number of nitrogens with one attached hydrogen (secondary N) is 1. The molecule has 1 amide bonds. The number of thiazole rings is 1. The van der Waals surface area contributed by atoms with Crippen LogP contribution in [0.15, 0.2) is 46.8 Å². The normalized spacial score (nSPS) is 17.3. The van der Waals surface area contributed by atoms with Crippen molar-refractivity contribution < 1.29 is 4.79 Å². The quantitative estimate of drug-likeness (QED) is 0.753. The zero-order valence-corrected chi connectivity index (χ0v) is 16.1. The highest BCUT2D eigenvalue weighted by molar-refractivity contribution is 7.99. The lowest BCUT2D eigenvalue weighted by molar-refractivity contribution is -0.121. The van der Waals surface area contributed by atoms with Gasteiger partial charge in [-0.1, -0.05) is 18.2 Å². The maximum absolute atomic E-state index is 12.3. The molecule has 134 valence electrons. The second-order valence-corrected chi connectivity index (χ2v) is 8.10. The molecule has 0 saturated carbocycles. The van der Waals surface area contributed by atoms with E-state index >= 15 is 0 Å². The van der Waals surface area contributed by atoms with Crippen molar-refractivity contribution in [2.75, 3.05) is 43.8 Å². The summed E-state index contributed by atoms with van der Waals surface area (Å²) in [7, 11) is 0. The van der Waals surface area contributed by atoms with Crippen molar-refractivity contribution in [2.24, 2.45) is 0 Å². The number of carbonyl (C=O) groups excluding carboxylic acids is 1. The Kier molecular flexibility index (Phi) is 6.86. The van der Waals surface area contributed by atoms with Crippen molar-refractivity contribution in [1.82, 2.24) is 14.8 Å². The molecule has 0 radical (unpaired) electrons. The van der Waals surface area contributed by atoms with Gasteiger partial charge in [0.1, 0.15) is 0 Å². The molecule has 1 aromatic carbocycles. The summed E-state index contributed by atoms with van der Waals surface area (Å²) < 4.78 is 0. The van der Waals surface area contributed by atoms with Crippen LogP contribution in [-0.4, -0.2) is 65.2 Å². The van der Waals surface area contributed by atoms with Crippen molar-refractivity contribution in [3.8, 4) is 0 Å². The van der Waals surface area contributed by atoms with Gasteiger partial charge in [0.25, 0.3) is 0 Å². The largest absolute Gasteiger partial charge is 0.301 e. The Hall–Kier alpha value is -1.41. The predicted molar refractivity (Wildman–Crippen MR) is 105 cm³/mol. The first-order chi connectivity index (χ1) is 12.2. The average Bonchev–Trinajstić information content (AvgIpc) is 3.15. The van der Waals surface area contributed by atoms with E-state index in [0.717, 1.165) is 38.5 Å². The molecule has 1 aliphatic heterocycles. The summed E-state index contributed by atoms with van der Waals surface area (Å²) in [4.78, 5) is 22.5. The van der Waals surface area contributed by atoms with Gasteiger partial charge in [-0.25, -0.2) is 4.98 Å². The third-order valence-electron chi connectivity index (χ3n) is 4.42. The van der Waals surface area contributed by atoms with Crippen molar-refractivity contribution in [3.05, 3.63) is 41.9 Å². The summed E-state index contributed by atoms with van der Waals surface area (Å²) in [5, 5.41) is 5.43. The van der Waals surface area contributed by atoms with Gasteiger partial charge in [0, 0.05) is 54.9 Å². The fraction of sp³-hybridized carbons (Fsp3) is 0.444. The molecule has 0 unspecified atom stereocenters. The number of hydrogen-bond acceptors (Lipinski definition) is 6. The second kappa shape index (κ2) is 9.33. The number of amides is 1. The first-order valence-electron chi connectivity index (χ1n) is 8.57. The van der Waals surface area contributed by atoms with E-state index in [-0.39, 0.29) is 11.9 Å². The number of piperazine rings is 1. The monoisotopic (exact) mass is 376 g/mol. The van der Waals surface area contributed by atoms with Crippen LogP contribution < -0.4 is 5.32 Å². The average molecular weight is 377 g/mol. The van der Waals surface area contributed by atoms with Gasteiger partial charge in [0.2, 0.25) is 5.91 Å². The summed E-state index contributed by atoms with van der Waals surface area (Å²) in [6.07, 6.45) is 1.71. The first-order valence-corrected chi connectivity index (χ1v) is 10.4. The molecule has 0 aliphatic carbocycles. The van der Waals surface area contributed by atoms with E-state index in [1.165, 1.54) is 16.2 Å². The summed E-state index contributed by atoms with van der Waals surface area (Å²) in [6.45, 7) is 6.97. The van der Waals surface area contributed by atoms with Crippen LogP contribution in [0.4, 0.5) is 5.13 Å². The molecule has 2 heterocycles. The lowest BCUT2D eigenvalue weighted by Gasteiger charge is -2.37. The Balaban J connectivity index is 1.37. The first kappa shape index (κ1) is 18.4. The fourth-order valence-electron chi connectivity index (χ4n) is 2.84. The molecule has 1 fully saturated rings. The predicted octanol–water partition coefficient (Wildman–Crippen LogP) is 2.88. The van der Waals surface area contributed by atoms with Gasteiger partial charge in [0.15, 0.2) is 5.13 Å². The number of thioether (sulfide) groups is 1. The number of rotatable bonds is 7. The molecule has 3 rings (SSSR count). The maximum atomic E-state index is 12.3. The van der Waals surface area contributed by atoms with Gasteiger partial charge in [-0.2, -0.15) is 0 Å². The van der Waals surface area contributed by atoms with Crippen molar-refractivity contribution in [2.45, 2.75) is 17.9 Å². The van der Waals surface area contributed by atoms with Crippen molar-refractivity contribution in [3.63, 3.8) is 0 Å². The fourth-order valence-corrected chi connectivity index (χ4v) is 4.31. The molecular weight excluding hydrogens is 352 g/mol. The number of anilines is 1. The van der Waals surface area contributed by atoms with E-state index < -0.39 is 0 Å². The van der Waals surface area contributed by atoms with Crippen LogP contribution >= 0.6 is 23.1 Å². The molecule has 1 saturated heterocycles. The summed E-state index contributed by atoms with van der Waals surface area (Å²) >= 11 is 3.35. The van der Waals surface area contributed by atoms with Crippen LogP contribution in [0, 0.1) is 0 Å². The van der Waals surface area contributed by atoms with Gasteiger partial charge in [0.05, 0.1) is 6.04 Å². The SMILES string of the molecule is C[C@@H](C(=O)Nc1nccs1)N1CCN(CCSc2ccccc2)CC1. The van der Waals surface area contributed by atoms with Crippen LogP contribution in [0.5, 0.6) is 0 Å². The number of nitrogens with zero attached hydrogens (tertiary/aromatic N) is 3. The van der Waals surface area contributed by atoms with Crippen LogP contribution in [0.3, 0.4) is 0 Å². The zero-order chi connectivity index (χ0) is 17.5. The molecule has 1 atom stereocenters. The standard InChI is InChI=1S/C18H24N4OS2/c1-15(17(23)20-18-19-7-13-25-18)22-10-8-21(9-11-22)12-14-24-16-5-3-2-4-6-16/h2-7,13,15H,8-12,14H2,1H3,(H,19,20,23)/t15-/m0/s1. The Morgan fingerprint density at radius 2 is 2.04 bits per heavy atom. The molecular formula is C18H24N4OS2. The Bertz CT molecular complexity index is 642. The number of hydrogen-bond donors (Lipinski definition) is 1. The van der Waals surface area contributed by atoms with Crippen molar-refractivity contribution in [1.29, 1.82) is 0 Å². The van der Waals surface area contributed by atoms with Crippen LogP contribution in [0.1, 0.15) is 6.92 Å². The maximum Gasteiger partial charge on any atom is 0.243 e. The molecule has 5 nitrogen and oxygen atoms in total. The smallest absolute Gasteiger partial charge is 0.243 e. The number of benzene rings is 1. The third kappa shape index (κ3) is 5.54. The topological polar surface area (TPSA) is 48.5 Å². The highest BCUT2D eigenvalue weighted by atomic mass is 32.2. The lowest BCUT2D eigenvalue weighted by Crippen LogP contribution is -2.53.